The summed E-state index contributed by atoms with van der Waals surface area (Å²) < 4.78 is 21.8. The Bertz CT molecular complexity index is 1370. The maximum Gasteiger partial charge on any atom is 0.252 e. The standard InChI is InChI=1S/C25H24FN7O2/c1-33-21(31-32-23(33)19-9-12-27-15-29-19)14-28-17-6-3-5-16(13-17)24(34)30-25(10-11-25)18-7-4-8-20(35-2)22(18)26/h3-9,12-13,15,28H,10-11,14H2,1-2H3,(H,30,34). The van der Waals surface area contributed by atoms with E-state index in [1.54, 1.807) is 48.7 Å². The molecule has 1 aliphatic rings. The third-order valence-electron chi connectivity index (χ3n) is 6.15. The first-order valence-electron chi connectivity index (χ1n) is 11.1. The van der Waals surface area contributed by atoms with Crippen molar-refractivity contribution < 1.29 is 13.9 Å². The minimum absolute atomic E-state index is 0.167. The van der Waals surface area contributed by atoms with Crippen molar-refractivity contribution in [2.45, 2.75) is 24.9 Å². The van der Waals surface area contributed by atoms with Gasteiger partial charge < -0.3 is 19.9 Å². The first kappa shape index (κ1) is 22.5. The van der Waals surface area contributed by atoms with Crippen LogP contribution < -0.4 is 15.4 Å². The molecule has 0 radical (unpaired) electrons. The average molecular weight is 474 g/mol. The van der Waals surface area contributed by atoms with Crippen LogP contribution in [0.1, 0.15) is 34.6 Å². The van der Waals surface area contributed by atoms with Gasteiger partial charge in [-0.15, -0.1) is 10.2 Å². The maximum absolute atomic E-state index is 14.8. The van der Waals surface area contributed by atoms with E-state index in [1.165, 1.54) is 13.4 Å². The molecule has 0 spiro atoms. The molecule has 35 heavy (non-hydrogen) atoms. The number of aromatic nitrogens is 5. The van der Waals surface area contributed by atoms with Crippen molar-refractivity contribution in [3.8, 4) is 17.3 Å². The fraction of sp³-hybridized carbons (Fsp3) is 0.240. The number of ether oxygens (including phenoxy) is 1. The fourth-order valence-corrected chi connectivity index (χ4v) is 4.03. The van der Waals surface area contributed by atoms with Crippen LogP contribution in [0.5, 0.6) is 5.75 Å². The third-order valence-corrected chi connectivity index (χ3v) is 6.15. The Balaban J connectivity index is 1.28. The first-order valence-corrected chi connectivity index (χ1v) is 11.1. The van der Waals surface area contributed by atoms with E-state index in [1.807, 2.05) is 17.7 Å². The van der Waals surface area contributed by atoms with Crippen molar-refractivity contribution >= 4 is 11.6 Å². The normalized spacial score (nSPS) is 13.8. The van der Waals surface area contributed by atoms with E-state index in [9.17, 15) is 9.18 Å². The number of halogens is 1. The zero-order chi connectivity index (χ0) is 24.4. The quantitative estimate of drug-likeness (QED) is 0.404. The molecule has 1 fully saturated rings. The Morgan fingerprint density at radius 1 is 1.17 bits per heavy atom. The molecule has 0 unspecified atom stereocenters. The summed E-state index contributed by atoms with van der Waals surface area (Å²) in [7, 11) is 3.29. The SMILES string of the molecule is COc1cccc(C2(NC(=O)c3cccc(NCc4nnc(-c5ccncn5)n4C)c3)CC2)c1F. The van der Waals surface area contributed by atoms with Crippen LogP contribution in [0.4, 0.5) is 10.1 Å². The van der Waals surface area contributed by atoms with E-state index < -0.39 is 11.4 Å². The average Bonchev–Trinajstić information content (AvgIpc) is 3.57. The third kappa shape index (κ3) is 4.42. The van der Waals surface area contributed by atoms with Crippen molar-refractivity contribution in [2.75, 3.05) is 12.4 Å². The molecule has 0 bridgehead atoms. The predicted octanol–water partition coefficient (Wildman–Crippen LogP) is 3.45. The molecule has 1 aliphatic carbocycles. The lowest BCUT2D eigenvalue weighted by Gasteiger charge is -2.20. The number of anilines is 1. The Morgan fingerprint density at radius 3 is 2.74 bits per heavy atom. The summed E-state index contributed by atoms with van der Waals surface area (Å²) in [5.41, 5.74) is 1.64. The second-order valence-corrected chi connectivity index (χ2v) is 8.39. The summed E-state index contributed by atoms with van der Waals surface area (Å²) in [6.45, 7) is 0.401. The Hall–Kier alpha value is -4.34. The smallest absolute Gasteiger partial charge is 0.252 e. The van der Waals surface area contributed by atoms with Gasteiger partial charge in [-0.25, -0.2) is 14.4 Å². The van der Waals surface area contributed by atoms with Gasteiger partial charge >= 0.3 is 0 Å². The highest BCUT2D eigenvalue weighted by Crippen LogP contribution is 2.47. The highest BCUT2D eigenvalue weighted by atomic mass is 19.1. The molecule has 1 saturated carbocycles. The summed E-state index contributed by atoms with van der Waals surface area (Å²) in [5.74, 6) is 0.808. The van der Waals surface area contributed by atoms with Crippen LogP contribution in [0.3, 0.4) is 0 Å². The van der Waals surface area contributed by atoms with Gasteiger partial charge in [-0.05, 0) is 43.2 Å². The van der Waals surface area contributed by atoms with Crippen LogP contribution in [-0.4, -0.2) is 37.7 Å². The molecule has 2 heterocycles. The minimum Gasteiger partial charge on any atom is -0.494 e. The van der Waals surface area contributed by atoms with E-state index in [4.69, 9.17) is 4.74 Å². The number of nitrogens with one attached hydrogen (secondary N) is 2. The number of hydrogen-bond donors (Lipinski definition) is 2. The van der Waals surface area contributed by atoms with Gasteiger partial charge in [-0.2, -0.15) is 0 Å². The molecule has 0 aliphatic heterocycles. The molecule has 2 N–H and O–H groups in total. The van der Waals surface area contributed by atoms with Crippen LogP contribution in [0.15, 0.2) is 61.1 Å². The summed E-state index contributed by atoms with van der Waals surface area (Å²) >= 11 is 0. The number of hydrogen-bond acceptors (Lipinski definition) is 7. The van der Waals surface area contributed by atoms with Crippen molar-refractivity contribution in [1.29, 1.82) is 0 Å². The molecule has 5 rings (SSSR count). The zero-order valence-corrected chi connectivity index (χ0v) is 19.3. The minimum atomic E-state index is -0.713. The first-order chi connectivity index (χ1) is 17.0. The van der Waals surface area contributed by atoms with Gasteiger partial charge in [-0.1, -0.05) is 18.2 Å². The number of nitrogens with zero attached hydrogens (tertiary/aromatic N) is 5. The second-order valence-electron chi connectivity index (χ2n) is 8.39. The molecule has 178 valence electrons. The Morgan fingerprint density at radius 2 is 2.00 bits per heavy atom. The van der Waals surface area contributed by atoms with Crippen LogP contribution in [0, 0.1) is 5.82 Å². The van der Waals surface area contributed by atoms with E-state index in [0.717, 1.165) is 5.69 Å². The van der Waals surface area contributed by atoms with Gasteiger partial charge in [0.2, 0.25) is 0 Å². The molecule has 0 atom stereocenters. The molecular weight excluding hydrogens is 449 g/mol. The lowest BCUT2D eigenvalue weighted by Crippen LogP contribution is -2.35. The fourth-order valence-electron chi connectivity index (χ4n) is 4.03. The monoisotopic (exact) mass is 473 g/mol. The summed E-state index contributed by atoms with van der Waals surface area (Å²) in [6, 6.07) is 13.9. The molecule has 4 aromatic rings. The second kappa shape index (κ2) is 9.13. The highest BCUT2D eigenvalue weighted by molar-refractivity contribution is 5.96. The van der Waals surface area contributed by atoms with Gasteiger partial charge in [0.25, 0.3) is 5.91 Å². The van der Waals surface area contributed by atoms with Crippen molar-refractivity contribution in [2.24, 2.45) is 7.05 Å². The lowest BCUT2D eigenvalue weighted by atomic mass is 10.0. The Labute approximate surface area is 201 Å². The van der Waals surface area contributed by atoms with Gasteiger partial charge in [0.1, 0.15) is 12.0 Å². The largest absolute Gasteiger partial charge is 0.494 e. The van der Waals surface area contributed by atoms with Crippen LogP contribution in [0.25, 0.3) is 11.5 Å². The number of amides is 1. The van der Waals surface area contributed by atoms with Gasteiger partial charge in [0.05, 0.1) is 19.2 Å². The summed E-state index contributed by atoms with van der Waals surface area (Å²) in [5, 5.41) is 14.8. The number of rotatable bonds is 8. The number of methoxy groups -OCH3 is 1. The topological polar surface area (TPSA) is 107 Å². The number of carbonyl (C=O) groups excluding carboxylic acids is 1. The van der Waals surface area contributed by atoms with Crippen molar-refractivity contribution in [3.05, 3.63) is 83.8 Å². The lowest BCUT2D eigenvalue weighted by molar-refractivity contribution is 0.0930. The van der Waals surface area contributed by atoms with Gasteiger partial charge in [-0.3, -0.25) is 4.79 Å². The van der Waals surface area contributed by atoms with Crippen molar-refractivity contribution in [1.82, 2.24) is 30.0 Å². The van der Waals surface area contributed by atoms with Crippen LogP contribution >= 0.6 is 0 Å². The molecular formula is C25H24FN7O2. The summed E-state index contributed by atoms with van der Waals surface area (Å²) in [4.78, 5) is 21.2. The van der Waals surface area contributed by atoms with E-state index in [0.29, 0.717) is 47.9 Å². The molecule has 2 aromatic carbocycles. The molecule has 2 aromatic heterocycles. The number of carbonyl (C=O) groups is 1. The van der Waals surface area contributed by atoms with Crippen LogP contribution in [-0.2, 0) is 19.1 Å². The van der Waals surface area contributed by atoms with E-state index in [2.05, 4.69) is 30.8 Å². The molecule has 0 saturated heterocycles. The van der Waals surface area contributed by atoms with Crippen molar-refractivity contribution in [3.63, 3.8) is 0 Å². The van der Waals surface area contributed by atoms with Gasteiger partial charge in [0.15, 0.2) is 23.2 Å². The molecule has 9 nitrogen and oxygen atoms in total. The predicted molar refractivity (Wildman–Crippen MR) is 127 cm³/mol. The van der Waals surface area contributed by atoms with E-state index >= 15 is 0 Å². The number of benzene rings is 2. The Kier molecular flexibility index (Phi) is 5.86. The maximum atomic E-state index is 14.8. The molecule has 10 heteroatoms. The van der Waals surface area contributed by atoms with Gasteiger partial charge in [0, 0.05) is 30.1 Å². The van der Waals surface area contributed by atoms with Crippen LogP contribution in [0.2, 0.25) is 0 Å². The van der Waals surface area contributed by atoms with E-state index in [-0.39, 0.29) is 11.7 Å². The highest BCUT2D eigenvalue weighted by Gasteiger charge is 2.48. The zero-order valence-electron chi connectivity index (χ0n) is 19.3. The molecule has 1 amide bonds. The summed E-state index contributed by atoms with van der Waals surface area (Å²) in [6.07, 6.45) is 4.45.